The molecule has 1 aliphatic carbocycles. The average molecular weight is 122 g/mol. The third-order valence-corrected chi connectivity index (χ3v) is 1.51. The van der Waals surface area contributed by atoms with Crippen molar-refractivity contribution in [2.75, 3.05) is 0 Å². The average Bonchev–Trinajstić information content (AvgIpc) is 1.89. The van der Waals surface area contributed by atoms with Crippen molar-refractivity contribution in [1.29, 1.82) is 0 Å². The van der Waals surface area contributed by atoms with E-state index >= 15 is 0 Å². The van der Waals surface area contributed by atoms with Gasteiger partial charge in [0, 0.05) is 0 Å². The molecule has 0 aromatic heterocycles. The van der Waals surface area contributed by atoms with Crippen molar-refractivity contribution in [2.24, 2.45) is 0 Å². The molecular formula is C8H10O. The number of allylic oxidation sites excluding steroid dienone is 4. The summed E-state index contributed by atoms with van der Waals surface area (Å²) < 4.78 is 0. The summed E-state index contributed by atoms with van der Waals surface area (Å²) in [6.45, 7) is 1.91. The Hall–Kier alpha value is -0.850. The molecule has 0 N–H and O–H groups in total. The highest BCUT2D eigenvalue weighted by Gasteiger charge is 2.06. The lowest BCUT2D eigenvalue weighted by Gasteiger charge is -2.04. The fraction of sp³-hybridized carbons (Fsp3) is 0.375. The van der Waals surface area contributed by atoms with Crippen molar-refractivity contribution < 1.29 is 4.79 Å². The van der Waals surface area contributed by atoms with Gasteiger partial charge in [-0.15, -0.1) is 0 Å². The van der Waals surface area contributed by atoms with E-state index in [0.29, 0.717) is 0 Å². The number of carbonyl (C=O) groups is 1. The molecule has 9 heavy (non-hydrogen) atoms. The SMILES string of the molecule is C/C=C1\CCC=CC1=O. The molecule has 0 aliphatic heterocycles. The van der Waals surface area contributed by atoms with Gasteiger partial charge in [-0.1, -0.05) is 12.2 Å². The fourth-order valence-electron chi connectivity index (χ4n) is 0.946. The summed E-state index contributed by atoms with van der Waals surface area (Å²) in [6.07, 6.45) is 7.41. The van der Waals surface area contributed by atoms with E-state index in [1.54, 1.807) is 6.08 Å². The van der Waals surface area contributed by atoms with Gasteiger partial charge in [-0.05, 0) is 31.4 Å². The van der Waals surface area contributed by atoms with E-state index in [2.05, 4.69) is 0 Å². The molecule has 0 fully saturated rings. The number of hydrogen-bond acceptors (Lipinski definition) is 1. The molecule has 0 amide bonds. The summed E-state index contributed by atoms with van der Waals surface area (Å²) in [4.78, 5) is 10.9. The van der Waals surface area contributed by atoms with Crippen molar-refractivity contribution in [3.05, 3.63) is 23.8 Å². The van der Waals surface area contributed by atoms with Gasteiger partial charge in [-0.3, -0.25) is 4.79 Å². The molecular weight excluding hydrogens is 112 g/mol. The number of ketones is 1. The predicted molar refractivity (Wildman–Crippen MR) is 37.1 cm³/mol. The third-order valence-electron chi connectivity index (χ3n) is 1.51. The van der Waals surface area contributed by atoms with Crippen LogP contribution >= 0.6 is 0 Å². The van der Waals surface area contributed by atoms with Crippen LogP contribution in [0, 0.1) is 0 Å². The molecule has 1 aliphatic rings. The van der Waals surface area contributed by atoms with Crippen LogP contribution in [-0.2, 0) is 4.79 Å². The smallest absolute Gasteiger partial charge is 0.181 e. The Kier molecular flexibility index (Phi) is 1.83. The first kappa shape index (κ1) is 6.27. The minimum absolute atomic E-state index is 0.184. The molecule has 0 aromatic rings. The molecule has 0 bridgehead atoms. The van der Waals surface area contributed by atoms with Gasteiger partial charge in [0.2, 0.25) is 0 Å². The maximum atomic E-state index is 10.9. The molecule has 0 atom stereocenters. The van der Waals surface area contributed by atoms with Gasteiger partial charge in [0.05, 0.1) is 0 Å². The molecule has 0 heterocycles. The number of hydrogen-bond donors (Lipinski definition) is 0. The molecule has 0 saturated heterocycles. The number of carbonyl (C=O) groups excluding carboxylic acids is 1. The van der Waals surface area contributed by atoms with Crippen LogP contribution < -0.4 is 0 Å². The third kappa shape index (κ3) is 1.28. The lowest BCUT2D eigenvalue weighted by Crippen LogP contribution is -2.01. The van der Waals surface area contributed by atoms with Crippen LogP contribution in [-0.4, -0.2) is 5.78 Å². The standard InChI is InChI=1S/C8H10O/c1-2-7-5-3-4-6-8(7)9/h2,4,6H,3,5H2,1H3/b7-2+. The van der Waals surface area contributed by atoms with Crippen LogP contribution in [0.3, 0.4) is 0 Å². The topological polar surface area (TPSA) is 17.1 Å². The zero-order valence-electron chi connectivity index (χ0n) is 5.55. The second-order valence-electron chi connectivity index (χ2n) is 2.12. The molecule has 0 saturated carbocycles. The predicted octanol–water partition coefficient (Wildman–Crippen LogP) is 1.85. The maximum absolute atomic E-state index is 10.9. The Morgan fingerprint density at radius 2 is 2.44 bits per heavy atom. The Morgan fingerprint density at radius 3 is 2.89 bits per heavy atom. The van der Waals surface area contributed by atoms with Gasteiger partial charge in [0.1, 0.15) is 0 Å². The van der Waals surface area contributed by atoms with Crippen LogP contribution in [0.15, 0.2) is 23.8 Å². The first-order valence-electron chi connectivity index (χ1n) is 3.20. The van der Waals surface area contributed by atoms with E-state index in [1.807, 2.05) is 19.1 Å². The summed E-state index contributed by atoms with van der Waals surface area (Å²) in [6, 6.07) is 0. The van der Waals surface area contributed by atoms with Gasteiger partial charge in [0.15, 0.2) is 5.78 Å². The van der Waals surface area contributed by atoms with Crippen LogP contribution in [0.1, 0.15) is 19.8 Å². The Bertz CT molecular complexity index is 175. The summed E-state index contributed by atoms with van der Waals surface area (Å²) >= 11 is 0. The fourth-order valence-corrected chi connectivity index (χ4v) is 0.946. The number of rotatable bonds is 0. The minimum Gasteiger partial charge on any atom is -0.290 e. The first-order chi connectivity index (χ1) is 4.34. The van der Waals surface area contributed by atoms with Crippen LogP contribution in [0.5, 0.6) is 0 Å². The molecule has 1 heteroatoms. The van der Waals surface area contributed by atoms with E-state index in [9.17, 15) is 4.79 Å². The van der Waals surface area contributed by atoms with Crippen LogP contribution in [0.2, 0.25) is 0 Å². The highest BCUT2D eigenvalue weighted by molar-refractivity contribution is 6.04. The molecule has 1 rings (SSSR count). The van der Waals surface area contributed by atoms with Gasteiger partial charge in [-0.25, -0.2) is 0 Å². The molecule has 1 nitrogen and oxygen atoms in total. The van der Waals surface area contributed by atoms with Gasteiger partial charge < -0.3 is 0 Å². The normalized spacial score (nSPS) is 23.2. The summed E-state index contributed by atoms with van der Waals surface area (Å²) in [5.41, 5.74) is 0.956. The molecule has 0 spiro atoms. The summed E-state index contributed by atoms with van der Waals surface area (Å²) in [7, 11) is 0. The van der Waals surface area contributed by atoms with Crippen molar-refractivity contribution in [3.63, 3.8) is 0 Å². The molecule has 0 aromatic carbocycles. The van der Waals surface area contributed by atoms with Gasteiger partial charge in [-0.2, -0.15) is 0 Å². The Labute approximate surface area is 55.1 Å². The second kappa shape index (κ2) is 2.62. The van der Waals surface area contributed by atoms with Crippen molar-refractivity contribution in [2.45, 2.75) is 19.8 Å². The van der Waals surface area contributed by atoms with E-state index < -0.39 is 0 Å². The second-order valence-corrected chi connectivity index (χ2v) is 2.12. The van der Waals surface area contributed by atoms with E-state index in [0.717, 1.165) is 18.4 Å². The summed E-state index contributed by atoms with van der Waals surface area (Å²) in [5.74, 6) is 0.184. The zero-order valence-corrected chi connectivity index (χ0v) is 5.55. The Balaban J connectivity index is 2.78. The highest BCUT2D eigenvalue weighted by Crippen LogP contribution is 2.12. The van der Waals surface area contributed by atoms with Crippen LogP contribution in [0.25, 0.3) is 0 Å². The molecule has 48 valence electrons. The maximum Gasteiger partial charge on any atom is 0.181 e. The van der Waals surface area contributed by atoms with E-state index in [4.69, 9.17) is 0 Å². The molecule has 0 radical (unpaired) electrons. The Morgan fingerprint density at radius 1 is 1.67 bits per heavy atom. The van der Waals surface area contributed by atoms with E-state index in [1.165, 1.54) is 0 Å². The lowest BCUT2D eigenvalue weighted by molar-refractivity contribution is -0.111. The zero-order chi connectivity index (χ0) is 6.69. The lowest BCUT2D eigenvalue weighted by atomic mass is 10.0. The van der Waals surface area contributed by atoms with Crippen molar-refractivity contribution in [1.82, 2.24) is 0 Å². The van der Waals surface area contributed by atoms with Gasteiger partial charge in [0.25, 0.3) is 0 Å². The molecule has 0 unspecified atom stereocenters. The van der Waals surface area contributed by atoms with Crippen molar-refractivity contribution in [3.8, 4) is 0 Å². The van der Waals surface area contributed by atoms with Crippen molar-refractivity contribution >= 4 is 5.78 Å². The minimum atomic E-state index is 0.184. The largest absolute Gasteiger partial charge is 0.290 e. The van der Waals surface area contributed by atoms with E-state index in [-0.39, 0.29) is 5.78 Å². The first-order valence-corrected chi connectivity index (χ1v) is 3.20. The van der Waals surface area contributed by atoms with Gasteiger partial charge >= 0.3 is 0 Å². The quantitative estimate of drug-likeness (QED) is 0.448. The summed E-state index contributed by atoms with van der Waals surface area (Å²) in [5, 5.41) is 0. The van der Waals surface area contributed by atoms with Crippen LogP contribution in [0.4, 0.5) is 0 Å². The monoisotopic (exact) mass is 122 g/mol. The highest BCUT2D eigenvalue weighted by atomic mass is 16.1.